The summed E-state index contributed by atoms with van der Waals surface area (Å²) in [6.45, 7) is 0. The number of hydrogen-bond donors (Lipinski definition) is 1. The van der Waals surface area contributed by atoms with Crippen LogP contribution in [0.1, 0.15) is 5.56 Å². The van der Waals surface area contributed by atoms with E-state index >= 15 is 0 Å². The fourth-order valence-corrected chi connectivity index (χ4v) is 4.14. The van der Waals surface area contributed by atoms with Gasteiger partial charge in [0.25, 0.3) is 0 Å². The molecule has 1 N–H and O–H groups in total. The maximum atomic E-state index is 11.7. The molecule has 0 radical (unpaired) electrons. The predicted molar refractivity (Wildman–Crippen MR) is 91.1 cm³/mol. The molecule has 5 nitrogen and oxygen atoms in total. The van der Waals surface area contributed by atoms with Gasteiger partial charge in [-0.05, 0) is 29.1 Å². The average Bonchev–Trinajstić information content (AvgIpc) is 3.01. The fourth-order valence-electron chi connectivity index (χ4n) is 2.37. The van der Waals surface area contributed by atoms with Crippen LogP contribution in [0, 0.1) is 0 Å². The Morgan fingerprint density at radius 2 is 2.09 bits per heavy atom. The Kier molecular flexibility index (Phi) is 3.51. The molecule has 0 saturated carbocycles. The van der Waals surface area contributed by atoms with Crippen LogP contribution in [0.2, 0.25) is 0 Å². The van der Waals surface area contributed by atoms with Gasteiger partial charge in [0.15, 0.2) is 0 Å². The number of rotatable bonds is 3. The monoisotopic (exact) mass is 342 g/mol. The van der Waals surface area contributed by atoms with Gasteiger partial charge in [0.05, 0.1) is 0 Å². The van der Waals surface area contributed by atoms with E-state index in [-0.39, 0.29) is 5.75 Å². The van der Waals surface area contributed by atoms with Crippen LogP contribution in [0.4, 0.5) is 0 Å². The number of nitrogens with zero attached hydrogens (tertiary/aromatic N) is 2. The summed E-state index contributed by atoms with van der Waals surface area (Å²) in [4.78, 5) is 21.2. The molecule has 0 saturated heterocycles. The van der Waals surface area contributed by atoms with Crippen molar-refractivity contribution in [3.05, 3.63) is 58.0 Å². The van der Waals surface area contributed by atoms with E-state index in [0.717, 1.165) is 26.2 Å². The number of aromatic hydroxyl groups is 1. The highest BCUT2D eigenvalue weighted by Gasteiger charge is 2.10. The van der Waals surface area contributed by atoms with E-state index in [1.54, 1.807) is 41.6 Å². The summed E-state index contributed by atoms with van der Waals surface area (Å²) in [6.07, 6.45) is 1.55. The second-order valence-electron chi connectivity index (χ2n) is 4.88. The molecule has 4 aromatic rings. The van der Waals surface area contributed by atoms with Crippen LogP contribution < -0.4 is 5.63 Å². The number of fused-ring (bicyclic) bond motifs is 2. The maximum absolute atomic E-state index is 11.7. The molecule has 0 unspecified atom stereocenters. The summed E-state index contributed by atoms with van der Waals surface area (Å²) in [7, 11) is 0. The fraction of sp³-hybridized carbons (Fsp3) is 0.0625. The molecule has 4 rings (SSSR count). The van der Waals surface area contributed by atoms with Crippen LogP contribution in [0.3, 0.4) is 0 Å². The Labute approximate surface area is 138 Å². The van der Waals surface area contributed by atoms with E-state index in [2.05, 4.69) is 9.97 Å². The van der Waals surface area contributed by atoms with Crippen LogP contribution in [-0.2, 0) is 5.75 Å². The maximum Gasteiger partial charge on any atom is 0.336 e. The molecule has 0 aliphatic carbocycles. The van der Waals surface area contributed by atoms with Crippen LogP contribution in [-0.4, -0.2) is 15.1 Å². The van der Waals surface area contributed by atoms with Gasteiger partial charge in [-0.1, -0.05) is 0 Å². The van der Waals surface area contributed by atoms with Crippen molar-refractivity contribution in [1.29, 1.82) is 0 Å². The van der Waals surface area contributed by atoms with Crippen LogP contribution in [0.25, 0.3) is 21.2 Å². The van der Waals surface area contributed by atoms with Crippen molar-refractivity contribution in [3.63, 3.8) is 0 Å². The number of phenolic OH excluding ortho intramolecular Hbond substituents is 1. The van der Waals surface area contributed by atoms with Crippen LogP contribution in [0.15, 0.2) is 56.3 Å². The van der Waals surface area contributed by atoms with E-state index in [4.69, 9.17) is 4.42 Å². The average molecular weight is 342 g/mol. The first kappa shape index (κ1) is 14.2. The van der Waals surface area contributed by atoms with Gasteiger partial charge in [0, 0.05) is 28.7 Å². The number of aromatic nitrogens is 2. The van der Waals surface area contributed by atoms with Gasteiger partial charge in [-0.25, -0.2) is 14.8 Å². The lowest BCUT2D eigenvalue weighted by molar-refractivity contribution is 0.473. The van der Waals surface area contributed by atoms with E-state index in [1.165, 1.54) is 12.1 Å². The lowest BCUT2D eigenvalue weighted by Crippen LogP contribution is -2.00. The first-order chi connectivity index (χ1) is 11.2. The topological polar surface area (TPSA) is 76.2 Å². The summed E-state index contributed by atoms with van der Waals surface area (Å²) in [6, 6.07) is 8.27. The van der Waals surface area contributed by atoms with Crippen molar-refractivity contribution < 1.29 is 9.52 Å². The van der Waals surface area contributed by atoms with E-state index in [1.807, 2.05) is 11.4 Å². The molecular weight excluding hydrogens is 332 g/mol. The summed E-state index contributed by atoms with van der Waals surface area (Å²) in [5.74, 6) is 0.649. The zero-order valence-electron chi connectivity index (χ0n) is 11.7. The Bertz CT molecular complexity index is 1070. The van der Waals surface area contributed by atoms with Gasteiger partial charge in [0.2, 0.25) is 0 Å². The third-order valence-electron chi connectivity index (χ3n) is 3.40. The standard InChI is InChI=1S/C16H10N2O3S2/c19-10-1-2-11-9(5-14(20)21-13(11)6-10)7-23-16-12-3-4-22-15(12)17-8-18-16/h1-6,8,19H,7H2. The lowest BCUT2D eigenvalue weighted by atomic mass is 10.1. The highest BCUT2D eigenvalue weighted by Crippen LogP contribution is 2.31. The Balaban J connectivity index is 1.73. The molecule has 23 heavy (non-hydrogen) atoms. The van der Waals surface area contributed by atoms with E-state index in [0.29, 0.717) is 11.3 Å². The number of thiophene rings is 1. The van der Waals surface area contributed by atoms with Crippen molar-refractivity contribution in [2.75, 3.05) is 0 Å². The van der Waals surface area contributed by atoms with Crippen molar-refractivity contribution in [2.24, 2.45) is 0 Å². The molecule has 3 aromatic heterocycles. The van der Waals surface area contributed by atoms with Gasteiger partial charge in [-0.15, -0.1) is 23.1 Å². The zero-order chi connectivity index (χ0) is 15.8. The molecule has 0 fully saturated rings. The van der Waals surface area contributed by atoms with Crippen LogP contribution >= 0.6 is 23.1 Å². The van der Waals surface area contributed by atoms with Crippen LogP contribution in [0.5, 0.6) is 5.75 Å². The van der Waals surface area contributed by atoms with Crippen molar-refractivity contribution >= 4 is 44.3 Å². The predicted octanol–water partition coefficient (Wildman–Crippen LogP) is 3.80. The molecule has 0 aliphatic heterocycles. The van der Waals surface area contributed by atoms with Crippen molar-refractivity contribution in [1.82, 2.24) is 9.97 Å². The highest BCUT2D eigenvalue weighted by atomic mass is 32.2. The molecular formula is C16H10N2O3S2. The lowest BCUT2D eigenvalue weighted by Gasteiger charge is -2.06. The second kappa shape index (κ2) is 5.68. The summed E-state index contributed by atoms with van der Waals surface area (Å²) >= 11 is 3.12. The first-order valence-electron chi connectivity index (χ1n) is 6.77. The summed E-state index contributed by atoms with van der Waals surface area (Å²) in [5, 5.41) is 14.2. The highest BCUT2D eigenvalue weighted by molar-refractivity contribution is 7.98. The molecule has 0 spiro atoms. The molecule has 0 bridgehead atoms. The number of benzene rings is 1. The van der Waals surface area contributed by atoms with Gasteiger partial charge < -0.3 is 9.52 Å². The van der Waals surface area contributed by atoms with Gasteiger partial charge >= 0.3 is 5.63 Å². The molecule has 0 atom stereocenters. The minimum atomic E-state index is -0.429. The van der Waals surface area contributed by atoms with E-state index < -0.39 is 5.63 Å². The van der Waals surface area contributed by atoms with E-state index in [9.17, 15) is 9.90 Å². The van der Waals surface area contributed by atoms with Gasteiger partial charge in [0.1, 0.15) is 27.5 Å². The summed E-state index contributed by atoms with van der Waals surface area (Å²) < 4.78 is 5.14. The molecule has 7 heteroatoms. The normalized spacial score (nSPS) is 11.3. The largest absolute Gasteiger partial charge is 0.508 e. The summed E-state index contributed by atoms with van der Waals surface area (Å²) in [5.41, 5.74) is 0.807. The molecule has 0 aliphatic rings. The SMILES string of the molecule is O=c1cc(CSc2ncnc3sccc23)c2ccc(O)cc2o1. The minimum absolute atomic E-state index is 0.0706. The molecule has 3 heterocycles. The third-order valence-corrected chi connectivity index (χ3v) is 5.28. The number of hydrogen-bond acceptors (Lipinski definition) is 7. The second-order valence-corrected chi connectivity index (χ2v) is 6.74. The van der Waals surface area contributed by atoms with Gasteiger partial charge in [-0.3, -0.25) is 0 Å². The molecule has 1 aromatic carbocycles. The first-order valence-corrected chi connectivity index (χ1v) is 8.64. The molecule has 114 valence electrons. The Morgan fingerprint density at radius 3 is 3.00 bits per heavy atom. The zero-order valence-corrected chi connectivity index (χ0v) is 13.4. The minimum Gasteiger partial charge on any atom is -0.508 e. The Hall–Kier alpha value is -2.38. The smallest absolute Gasteiger partial charge is 0.336 e. The van der Waals surface area contributed by atoms with Crippen molar-refractivity contribution in [2.45, 2.75) is 10.8 Å². The third kappa shape index (κ3) is 2.69. The number of phenols is 1. The molecule has 0 amide bonds. The Morgan fingerprint density at radius 1 is 1.17 bits per heavy atom. The quantitative estimate of drug-likeness (QED) is 0.347. The number of thioether (sulfide) groups is 1. The van der Waals surface area contributed by atoms with Gasteiger partial charge in [-0.2, -0.15) is 0 Å². The van der Waals surface area contributed by atoms with Crippen molar-refractivity contribution in [3.8, 4) is 5.75 Å².